The first-order valence-electron chi connectivity index (χ1n) is 6.83. The van der Waals surface area contributed by atoms with Crippen molar-refractivity contribution in [3.05, 3.63) is 0 Å². The van der Waals surface area contributed by atoms with E-state index in [1.165, 1.54) is 0 Å². The Morgan fingerprint density at radius 2 is 2.06 bits per heavy atom. The van der Waals surface area contributed by atoms with Gasteiger partial charge in [0.25, 0.3) is 0 Å². The summed E-state index contributed by atoms with van der Waals surface area (Å²) in [6, 6.07) is 0.174. The van der Waals surface area contributed by atoms with E-state index in [0.717, 1.165) is 45.4 Å². The van der Waals surface area contributed by atoms with Gasteiger partial charge in [-0.15, -0.1) is 0 Å². The van der Waals surface area contributed by atoms with Gasteiger partial charge >= 0.3 is 0 Å². The molecule has 4 heteroatoms. The summed E-state index contributed by atoms with van der Waals surface area (Å²) in [6.45, 7) is 5.06. The molecule has 0 aromatic heterocycles. The van der Waals surface area contributed by atoms with E-state index in [0.29, 0.717) is 5.92 Å². The Labute approximate surface area is 105 Å². The SMILES string of the molecule is CCCC(N)C(CO)N(C)CC1CCOCC1. The van der Waals surface area contributed by atoms with E-state index in [2.05, 4.69) is 18.9 Å². The first kappa shape index (κ1) is 14.9. The van der Waals surface area contributed by atoms with Gasteiger partial charge in [-0.25, -0.2) is 0 Å². The van der Waals surface area contributed by atoms with Crippen LogP contribution in [-0.2, 0) is 4.74 Å². The lowest BCUT2D eigenvalue weighted by molar-refractivity contribution is 0.0405. The molecule has 2 unspecified atom stereocenters. The predicted molar refractivity (Wildman–Crippen MR) is 69.9 cm³/mol. The maximum Gasteiger partial charge on any atom is 0.0601 e. The highest BCUT2D eigenvalue weighted by Gasteiger charge is 2.24. The number of aliphatic hydroxyl groups is 1. The Bertz CT molecular complexity index is 196. The van der Waals surface area contributed by atoms with Crippen molar-refractivity contribution in [1.29, 1.82) is 0 Å². The first-order valence-corrected chi connectivity index (χ1v) is 6.83. The molecule has 3 N–H and O–H groups in total. The van der Waals surface area contributed by atoms with Crippen molar-refractivity contribution in [3.63, 3.8) is 0 Å². The fourth-order valence-corrected chi connectivity index (χ4v) is 2.60. The normalized spacial score (nSPS) is 21.7. The molecule has 1 fully saturated rings. The summed E-state index contributed by atoms with van der Waals surface area (Å²) in [5, 5.41) is 9.48. The number of nitrogens with zero attached hydrogens (tertiary/aromatic N) is 1. The molecule has 0 spiro atoms. The maximum atomic E-state index is 9.48. The predicted octanol–water partition coefficient (Wildman–Crippen LogP) is 0.833. The minimum Gasteiger partial charge on any atom is -0.395 e. The Morgan fingerprint density at radius 1 is 1.41 bits per heavy atom. The van der Waals surface area contributed by atoms with Gasteiger partial charge < -0.3 is 15.6 Å². The van der Waals surface area contributed by atoms with Gasteiger partial charge in [0.05, 0.1) is 6.61 Å². The van der Waals surface area contributed by atoms with Crippen molar-refractivity contribution < 1.29 is 9.84 Å². The Morgan fingerprint density at radius 3 is 2.59 bits per heavy atom. The highest BCUT2D eigenvalue weighted by molar-refractivity contribution is 4.81. The molecule has 0 amide bonds. The van der Waals surface area contributed by atoms with Crippen LogP contribution in [0.2, 0.25) is 0 Å². The van der Waals surface area contributed by atoms with Crippen LogP contribution < -0.4 is 5.73 Å². The number of likely N-dealkylation sites (N-methyl/N-ethyl adjacent to an activating group) is 1. The minimum atomic E-state index is 0.0786. The smallest absolute Gasteiger partial charge is 0.0601 e. The average Bonchev–Trinajstić information content (AvgIpc) is 2.31. The second-order valence-electron chi connectivity index (χ2n) is 5.20. The lowest BCUT2D eigenvalue weighted by atomic mass is 9.97. The Balaban J connectivity index is 2.38. The number of hydrogen-bond donors (Lipinski definition) is 2. The molecule has 1 aliphatic heterocycles. The van der Waals surface area contributed by atoms with E-state index in [-0.39, 0.29) is 18.7 Å². The van der Waals surface area contributed by atoms with E-state index in [9.17, 15) is 5.11 Å². The van der Waals surface area contributed by atoms with Crippen LogP contribution in [0, 0.1) is 5.92 Å². The summed E-state index contributed by atoms with van der Waals surface area (Å²) in [4.78, 5) is 2.23. The molecule has 102 valence electrons. The topological polar surface area (TPSA) is 58.7 Å². The molecule has 0 aromatic rings. The number of rotatable bonds is 7. The van der Waals surface area contributed by atoms with Gasteiger partial charge in [-0.05, 0) is 32.2 Å². The summed E-state index contributed by atoms with van der Waals surface area (Å²) in [5.41, 5.74) is 6.12. The zero-order valence-electron chi connectivity index (χ0n) is 11.3. The Hall–Kier alpha value is -0.160. The molecule has 1 aliphatic rings. The molecule has 2 atom stereocenters. The molecular weight excluding hydrogens is 216 g/mol. The van der Waals surface area contributed by atoms with Crippen molar-refractivity contribution in [2.45, 2.75) is 44.7 Å². The van der Waals surface area contributed by atoms with Crippen LogP contribution in [-0.4, -0.2) is 55.5 Å². The molecular formula is C13H28N2O2. The van der Waals surface area contributed by atoms with Gasteiger partial charge in [0.15, 0.2) is 0 Å². The van der Waals surface area contributed by atoms with Gasteiger partial charge in [0.1, 0.15) is 0 Å². The van der Waals surface area contributed by atoms with Crippen molar-refractivity contribution in [2.75, 3.05) is 33.4 Å². The van der Waals surface area contributed by atoms with Crippen LogP contribution in [0.15, 0.2) is 0 Å². The lowest BCUT2D eigenvalue weighted by Crippen LogP contribution is -2.50. The van der Waals surface area contributed by atoms with Crippen molar-refractivity contribution in [2.24, 2.45) is 11.7 Å². The summed E-state index contributed by atoms with van der Waals surface area (Å²) < 4.78 is 5.36. The third kappa shape index (κ3) is 4.92. The quantitative estimate of drug-likeness (QED) is 0.696. The standard InChI is InChI=1S/C13H28N2O2/c1-3-4-12(14)13(10-16)15(2)9-11-5-7-17-8-6-11/h11-13,16H,3-10,14H2,1-2H3. The minimum absolute atomic E-state index is 0.0786. The summed E-state index contributed by atoms with van der Waals surface area (Å²) in [5.74, 6) is 0.691. The van der Waals surface area contributed by atoms with E-state index in [1.54, 1.807) is 0 Å². The van der Waals surface area contributed by atoms with Crippen molar-refractivity contribution in [1.82, 2.24) is 4.90 Å². The van der Waals surface area contributed by atoms with Crippen molar-refractivity contribution >= 4 is 0 Å². The van der Waals surface area contributed by atoms with Crippen molar-refractivity contribution in [3.8, 4) is 0 Å². The third-order valence-corrected chi connectivity index (χ3v) is 3.76. The molecule has 0 aliphatic carbocycles. The van der Waals surface area contributed by atoms with Crippen LogP contribution in [0.3, 0.4) is 0 Å². The lowest BCUT2D eigenvalue weighted by Gasteiger charge is -2.34. The molecule has 4 nitrogen and oxygen atoms in total. The number of nitrogens with two attached hydrogens (primary N) is 1. The number of hydrogen-bond acceptors (Lipinski definition) is 4. The van der Waals surface area contributed by atoms with Crippen LogP contribution >= 0.6 is 0 Å². The van der Waals surface area contributed by atoms with Gasteiger partial charge in [-0.3, -0.25) is 4.90 Å². The molecule has 0 aromatic carbocycles. The van der Waals surface area contributed by atoms with E-state index < -0.39 is 0 Å². The third-order valence-electron chi connectivity index (χ3n) is 3.76. The second-order valence-corrected chi connectivity index (χ2v) is 5.20. The number of ether oxygens (including phenoxy) is 1. The first-order chi connectivity index (χ1) is 8.19. The second kappa shape index (κ2) is 8.03. The van der Waals surface area contributed by atoms with Crippen LogP contribution in [0.1, 0.15) is 32.6 Å². The van der Waals surface area contributed by atoms with Gasteiger partial charge in [0.2, 0.25) is 0 Å². The largest absolute Gasteiger partial charge is 0.395 e. The van der Waals surface area contributed by atoms with Crippen LogP contribution in [0.4, 0.5) is 0 Å². The molecule has 1 saturated heterocycles. The highest BCUT2D eigenvalue weighted by atomic mass is 16.5. The monoisotopic (exact) mass is 244 g/mol. The molecule has 0 bridgehead atoms. The summed E-state index contributed by atoms with van der Waals surface area (Å²) in [7, 11) is 2.08. The van der Waals surface area contributed by atoms with Gasteiger partial charge in [-0.1, -0.05) is 13.3 Å². The van der Waals surface area contributed by atoms with Gasteiger partial charge in [-0.2, -0.15) is 0 Å². The zero-order valence-corrected chi connectivity index (χ0v) is 11.3. The maximum absolute atomic E-state index is 9.48. The molecule has 1 rings (SSSR count). The highest BCUT2D eigenvalue weighted by Crippen LogP contribution is 2.17. The van der Waals surface area contributed by atoms with E-state index >= 15 is 0 Å². The Kier molecular flexibility index (Phi) is 7.04. The number of aliphatic hydroxyl groups excluding tert-OH is 1. The fourth-order valence-electron chi connectivity index (χ4n) is 2.60. The molecule has 0 saturated carbocycles. The van der Waals surface area contributed by atoms with Crippen LogP contribution in [0.5, 0.6) is 0 Å². The summed E-state index contributed by atoms with van der Waals surface area (Å²) >= 11 is 0. The fraction of sp³-hybridized carbons (Fsp3) is 1.00. The molecule has 17 heavy (non-hydrogen) atoms. The van der Waals surface area contributed by atoms with E-state index in [1.807, 2.05) is 0 Å². The zero-order chi connectivity index (χ0) is 12.7. The van der Waals surface area contributed by atoms with Crippen LogP contribution in [0.25, 0.3) is 0 Å². The average molecular weight is 244 g/mol. The van der Waals surface area contributed by atoms with E-state index in [4.69, 9.17) is 10.5 Å². The van der Waals surface area contributed by atoms with Gasteiger partial charge in [0, 0.05) is 31.8 Å². The summed E-state index contributed by atoms with van der Waals surface area (Å²) in [6.07, 6.45) is 4.31. The molecule has 0 radical (unpaired) electrons. The molecule has 1 heterocycles.